The van der Waals surface area contributed by atoms with E-state index in [0.717, 1.165) is 12.8 Å². The molecule has 0 bridgehead atoms. The summed E-state index contributed by atoms with van der Waals surface area (Å²) in [5.41, 5.74) is 0. The van der Waals surface area contributed by atoms with Crippen LogP contribution >= 0.6 is 0 Å². The van der Waals surface area contributed by atoms with Crippen molar-refractivity contribution in [2.45, 2.75) is 45.4 Å². The summed E-state index contributed by atoms with van der Waals surface area (Å²) in [6.07, 6.45) is 3.31. The molecule has 0 spiro atoms. The van der Waals surface area contributed by atoms with Crippen molar-refractivity contribution in [2.24, 2.45) is 5.92 Å². The molecule has 14 heavy (non-hydrogen) atoms. The Morgan fingerprint density at radius 3 is 2.64 bits per heavy atom. The molecule has 3 nitrogen and oxygen atoms in total. The summed E-state index contributed by atoms with van der Waals surface area (Å²) in [5, 5.41) is 0. The van der Waals surface area contributed by atoms with Crippen LogP contribution < -0.4 is 0 Å². The fraction of sp³-hybridized carbons (Fsp3) is 0.727. The number of ketones is 3. The molecule has 1 aliphatic carbocycles. The van der Waals surface area contributed by atoms with Crippen molar-refractivity contribution in [1.82, 2.24) is 0 Å². The average molecular weight is 196 g/mol. The first-order valence-corrected chi connectivity index (χ1v) is 5.13. The molecule has 0 aliphatic heterocycles. The van der Waals surface area contributed by atoms with Crippen LogP contribution in [0.5, 0.6) is 0 Å². The third kappa shape index (κ3) is 3.40. The average Bonchev–Trinajstić information content (AvgIpc) is 2.14. The van der Waals surface area contributed by atoms with Gasteiger partial charge < -0.3 is 4.79 Å². The van der Waals surface area contributed by atoms with Crippen LogP contribution in [-0.2, 0) is 14.4 Å². The van der Waals surface area contributed by atoms with Gasteiger partial charge in [-0.15, -0.1) is 0 Å². The van der Waals surface area contributed by atoms with Gasteiger partial charge in [-0.1, -0.05) is 0 Å². The fourth-order valence-electron chi connectivity index (χ4n) is 1.80. The van der Waals surface area contributed by atoms with Crippen molar-refractivity contribution in [2.75, 3.05) is 0 Å². The van der Waals surface area contributed by atoms with Crippen LogP contribution in [0.2, 0.25) is 0 Å². The molecule has 0 aromatic carbocycles. The van der Waals surface area contributed by atoms with Gasteiger partial charge in [-0.2, -0.15) is 0 Å². The van der Waals surface area contributed by atoms with Crippen LogP contribution in [0, 0.1) is 5.92 Å². The summed E-state index contributed by atoms with van der Waals surface area (Å²) in [5.74, 6) is 0.224. The van der Waals surface area contributed by atoms with Gasteiger partial charge in [0.05, 0.1) is 0 Å². The minimum Gasteiger partial charge on any atom is -0.300 e. The van der Waals surface area contributed by atoms with Gasteiger partial charge in [0.15, 0.2) is 0 Å². The van der Waals surface area contributed by atoms with Crippen LogP contribution in [0.15, 0.2) is 0 Å². The van der Waals surface area contributed by atoms with E-state index in [0.29, 0.717) is 25.7 Å². The number of carbonyl (C=O) groups excluding carboxylic acids is 3. The smallest absolute Gasteiger partial charge is 0.136 e. The highest BCUT2D eigenvalue weighted by Crippen LogP contribution is 2.23. The summed E-state index contributed by atoms with van der Waals surface area (Å²) in [4.78, 5) is 33.3. The monoisotopic (exact) mass is 196 g/mol. The molecule has 1 unspecified atom stereocenters. The van der Waals surface area contributed by atoms with E-state index in [1.165, 1.54) is 6.92 Å². The zero-order valence-corrected chi connectivity index (χ0v) is 8.54. The molecule has 1 atom stereocenters. The number of hydrogen-bond acceptors (Lipinski definition) is 3. The summed E-state index contributed by atoms with van der Waals surface area (Å²) in [6.45, 7) is 1.49. The molecule has 0 amide bonds. The van der Waals surface area contributed by atoms with E-state index in [1.54, 1.807) is 0 Å². The Morgan fingerprint density at radius 2 is 2.07 bits per heavy atom. The minimum absolute atomic E-state index is 0.0421. The molecule has 0 aromatic rings. The lowest BCUT2D eigenvalue weighted by molar-refractivity contribution is -0.131. The van der Waals surface area contributed by atoms with Crippen LogP contribution in [0.3, 0.4) is 0 Å². The summed E-state index contributed by atoms with van der Waals surface area (Å²) in [6, 6.07) is 0. The lowest BCUT2D eigenvalue weighted by Gasteiger charge is -2.19. The van der Waals surface area contributed by atoms with E-state index in [9.17, 15) is 14.4 Å². The van der Waals surface area contributed by atoms with Crippen LogP contribution in [0.4, 0.5) is 0 Å². The molecular formula is C11H16O3. The zero-order chi connectivity index (χ0) is 10.6. The van der Waals surface area contributed by atoms with Crippen molar-refractivity contribution in [3.05, 3.63) is 0 Å². The maximum Gasteiger partial charge on any atom is 0.136 e. The zero-order valence-electron chi connectivity index (χ0n) is 8.54. The first kappa shape index (κ1) is 11.1. The normalized spacial score (nSPS) is 22.1. The van der Waals surface area contributed by atoms with Crippen LogP contribution in [0.25, 0.3) is 0 Å². The molecule has 0 heterocycles. The number of hydrogen-bond donors (Lipinski definition) is 0. The van der Waals surface area contributed by atoms with Gasteiger partial charge in [0, 0.05) is 31.6 Å². The topological polar surface area (TPSA) is 51.2 Å². The third-order valence-corrected chi connectivity index (χ3v) is 2.66. The van der Waals surface area contributed by atoms with Gasteiger partial charge in [-0.25, -0.2) is 0 Å². The number of Topliss-reactive ketones (excluding diaryl/α,β-unsaturated/α-hetero) is 3. The SMILES string of the molecule is CC(=O)CCC(=O)C1CCCC(=O)C1. The van der Waals surface area contributed by atoms with E-state index >= 15 is 0 Å². The number of carbonyl (C=O) groups is 3. The van der Waals surface area contributed by atoms with Crippen molar-refractivity contribution in [1.29, 1.82) is 0 Å². The highest BCUT2D eigenvalue weighted by molar-refractivity contribution is 5.91. The molecule has 1 aliphatic rings. The Labute approximate surface area is 83.9 Å². The molecule has 1 saturated carbocycles. The first-order valence-electron chi connectivity index (χ1n) is 5.13. The molecule has 0 aromatic heterocycles. The molecule has 3 heteroatoms. The predicted molar refractivity (Wildman–Crippen MR) is 51.9 cm³/mol. The van der Waals surface area contributed by atoms with Crippen molar-refractivity contribution < 1.29 is 14.4 Å². The van der Waals surface area contributed by atoms with E-state index in [-0.39, 0.29) is 23.3 Å². The van der Waals surface area contributed by atoms with Gasteiger partial charge in [0.25, 0.3) is 0 Å². The van der Waals surface area contributed by atoms with Crippen molar-refractivity contribution in [3.8, 4) is 0 Å². The quantitative estimate of drug-likeness (QED) is 0.687. The van der Waals surface area contributed by atoms with Crippen LogP contribution in [0.1, 0.15) is 45.4 Å². The predicted octanol–water partition coefficient (Wildman–Crippen LogP) is 1.68. The summed E-state index contributed by atoms with van der Waals surface area (Å²) in [7, 11) is 0. The molecule has 1 fully saturated rings. The maximum atomic E-state index is 11.5. The Balaban J connectivity index is 2.36. The number of rotatable bonds is 4. The third-order valence-electron chi connectivity index (χ3n) is 2.66. The summed E-state index contributed by atoms with van der Waals surface area (Å²) >= 11 is 0. The fourth-order valence-corrected chi connectivity index (χ4v) is 1.80. The largest absolute Gasteiger partial charge is 0.300 e. The second-order valence-corrected chi connectivity index (χ2v) is 4.00. The highest BCUT2D eigenvalue weighted by atomic mass is 16.1. The van der Waals surface area contributed by atoms with Crippen LogP contribution in [-0.4, -0.2) is 17.3 Å². The molecule has 0 radical (unpaired) electrons. The Morgan fingerprint density at radius 1 is 1.36 bits per heavy atom. The van der Waals surface area contributed by atoms with Gasteiger partial charge in [0.2, 0.25) is 0 Å². The maximum absolute atomic E-state index is 11.5. The van der Waals surface area contributed by atoms with E-state index in [4.69, 9.17) is 0 Å². The van der Waals surface area contributed by atoms with E-state index < -0.39 is 0 Å². The Hall–Kier alpha value is -0.990. The molecule has 0 saturated heterocycles. The van der Waals surface area contributed by atoms with Crippen molar-refractivity contribution in [3.63, 3.8) is 0 Å². The molecule has 78 valence electrons. The van der Waals surface area contributed by atoms with E-state index in [1.807, 2.05) is 0 Å². The standard InChI is InChI=1S/C11H16O3/c1-8(12)5-6-11(14)9-3-2-4-10(13)7-9/h9H,2-7H2,1H3. The molecular weight excluding hydrogens is 180 g/mol. The molecule has 0 N–H and O–H groups in total. The first-order chi connectivity index (χ1) is 6.59. The highest BCUT2D eigenvalue weighted by Gasteiger charge is 2.25. The Kier molecular flexibility index (Phi) is 3.98. The van der Waals surface area contributed by atoms with Gasteiger partial charge in [-0.3, -0.25) is 9.59 Å². The minimum atomic E-state index is -0.101. The van der Waals surface area contributed by atoms with Gasteiger partial charge in [0.1, 0.15) is 17.3 Å². The van der Waals surface area contributed by atoms with E-state index in [2.05, 4.69) is 0 Å². The van der Waals surface area contributed by atoms with Gasteiger partial charge >= 0.3 is 0 Å². The Bertz CT molecular complexity index is 255. The second kappa shape index (κ2) is 5.03. The summed E-state index contributed by atoms with van der Waals surface area (Å²) < 4.78 is 0. The van der Waals surface area contributed by atoms with Gasteiger partial charge in [-0.05, 0) is 19.8 Å². The van der Waals surface area contributed by atoms with Crippen molar-refractivity contribution >= 4 is 17.3 Å². The lowest BCUT2D eigenvalue weighted by Crippen LogP contribution is -2.23. The molecule has 1 rings (SSSR count). The second-order valence-electron chi connectivity index (χ2n) is 4.00. The lowest BCUT2D eigenvalue weighted by atomic mass is 9.84.